The van der Waals surface area contributed by atoms with Gasteiger partial charge in [0.05, 0.1) is 24.4 Å². The van der Waals surface area contributed by atoms with Crippen LogP contribution >= 0.6 is 11.6 Å². The Bertz CT molecular complexity index is 558. The van der Waals surface area contributed by atoms with Crippen LogP contribution in [0.3, 0.4) is 0 Å². The Labute approximate surface area is 121 Å². The van der Waals surface area contributed by atoms with Crippen molar-refractivity contribution in [2.24, 2.45) is 0 Å². The average Bonchev–Trinajstić information content (AvgIpc) is 2.39. The second-order valence-corrected chi connectivity index (χ2v) is 4.12. The molecule has 0 saturated heterocycles. The zero-order valence-corrected chi connectivity index (χ0v) is 12.2. The van der Waals surface area contributed by atoms with E-state index in [1.807, 2.05) is 0 Å². The van der Waals surface area contributed by atoms with Gasteiger partial charge in [-0.05, 0) is 13.0 Å². The summed E-state index contributed by atoms with van der Waals surface area (Å²) in [7, 11) is 1.21. The maximum atomic E-state index is 11.7. The van der Waals surface area contributed by atoms with Gasteiger partial charge in [0.25, 0.3) is 0 Å². The Kier molecular flexibility index (Phi) is 5.52. The molecular weight excluding hydrogens is 284 g/mol. The van der Waals surface area contributed by atoms with E-state index >= 15 is 0 Å². The van der Waals surface area contributed by atoms with Gasteiger partial charge in [-0.1, -0.05) is 18.2 Å². The van der Waals surface area contributed by atoms with Gasteiger partial charge in [-0.25, -0.2) is 9.78 Å². The number of halogens is 1. The van der Waals surface area contributed by atoms with Crippen molar-refractivity contribution in [3.63, 3.8) is 0 Å². The van der Waals surface area contributed by atoms with E-state index in [1.165, 1.54) is 20.1 Å². The van der Waals surface area contributed by atoms with Crippen molar-refractivity contribution in [3.05, 3.63) is 29.1 Å². The lowest BCUT2D eigenvalue weighted by Crippen LogP contribution is -2.13. The van der Waals surface area contributed by atoms with Crippen LogP contribution in [-0.4, -0.2) is 30.6 Å². The highest BCUT2D eigenvalue weighted by atomic mass is 35.5. The summed E-state index contributed by atoms with van der Waals surface area (Å²) in [6.07, 6.45) is 0. The molecule has 0 radical (unpaired) electrons. The minimum atomic E-state index is -0.715. The van der Waals surface area contributed by atoms with Crippen LogP contribution in [0.25, 0.3) is 5.76 Å². The lowest BCUT2D eigenvalue weighted by molar-refractivity contribution is -0.114. The minimum Gasteiger partial charge on any atom is -0.492 e. The third kappa shape index (κ3) is 3.71. The smallest absolute Gasteiger partial charge is 0.358 e. The number of anilines is 1. The molecule has 0 unspecified atom stereocenters. The van der Waals surface area contributed by atoms with Crippen molar-refractivity contribution < 1.29 is 19.1 Å². The van der Waals surface area contributed by atoms with Crippen LogP contribution < -0.4 is 5.32 Å². The summed E-state index contributed by atoms with van der Waals surface area (Å²) in [5.41, 5.74) is 0.419. The van der Waals surface area contributed by atoms with Gasteiger partial charge < -0.3 is 14.8 Å². The zero-order chi connectivity index (χ0) is 15.3. The first kappa shape index (κ1) is 16.0. The lowest BCUT2D eigenvalue weighted by Gasteiger charge is -2.12. The molecule has 1 heterocycles. The van der Waals surface area contributed by atoms with Crippen LogP contribution in [0, 0.1) is 0 Å². The van der Waals surface area contributed by atoms with Crippen LogP contribution in [0.5, 0.6) is 0 Å². The van der Waals surface area contributed by atoms with E-state index in [0.29, 0.717) is 12.3 Å². The van der Waals surface area contributed by atoms with Crippen LogP contribution in [0.4, 0.5) is 5.69 Å². The van der Waals surface area contributed by atoms with Crippen molar-refractivity contribution in [1.29, 1.82) is 0 Å². The van der Waals surface area contributed by atoms with Gasteiger partial charge in [0.2, 0.25) is 5.91 Å². The molecule has 1 aromatic heterocycles. The summed E-state index contributed by atoms with van der Waals surface area (Å²) >= 11 is 6.03. The van der Waals surface area contributed by atoms with Gasteiger partial charge in [0, 0.05) is 6.92 Å². The molecule has 1 amide bonds. The molecule has 7 heteroatoms. The maximum Gasteiger partial charge on any atom is 0.358 e. The Hall–Kier alpha value is -2.08. The van der Waals surface area contributed by atoms with Crippen molar-refractivity contribution in [2.45, 2.75) is 13.8 Å². The molecule has 0 fully saturated rings. The topological polar surface area (TPSA) is 77.5 Å². The second kappa shape index (κ2) is 6.91. The monoisotopic (exact) mass is 298 g/mol. The number of esters is 1. The van der Waals surface area contributed by atoms with Gasteiger partial charge >= 0.3 is 5.97 Å². The Balaban J connectivity index is 3.36. The number of pyridine rings is 1. The van der Waals surface area contributed by atoms with Crippen molar-refractivity contribution in [1.82, 2.24) is 4.98 Å². The van der Waals surface area contributed by atoms with Gasteiger partial charge in [-0.15, -0.1) is 0 Å². The van der Waals surface area contributed by atoms with Crippen LogP contribution in [0.1, 0.15) is 30.0 Å². The molecule has 6 nitrogen and oxygen atoms in total. The molecule has 0 saturated carbocycles. The molecule has 0 bridgehead atoms. The molecule has 0 atom stereocenters. The van der Waals surface area contributed by atoms with Gasteiger partial charge in [-0.2, -0.15) is 0 Å². The number of hydrogen-bond donors (Lipinski definition) is 1. The van der Waals surface area contributed by atoms with E-state index in [0.717, 1.165) is 0 Å². The third-order valence-corrected chi connectivity index (χ3v) is 2.63. The van der Waals surface area contributed by atoms with E-state index < -0.39 is 5.97 Å². The molecule has 0 spiro atoms. The lowest BCUT2D eigenvalue weighted by atomic mass is 10.2. The molecule has 0 aliphatic heterocycles. The Morgan fingerprint density at radius 1 is 1.50 bits per heavy atom. The number of carbonyl (C=O) groups excluding carboxylic acids is 2. The SMILES string of the molecule is C=C(OCC)c1cc(NC(C)=O)c(Cl)c(C(=O)OC)n1. The predicted octanol–water partition coefficient (Wildman–Crippen LogP) is 2.49. The number of methoxy groups -OCH3 is 1. The first-order chi connectivity index (χ1) is 9.40. The van der Waals surface area contributed by atoms with Crippen LogP contribution in [-0.2, 0) is 14.3 Å². The fourth-order valence-corrected chi connectivity index (χ4v) is 1.65. The summed E-state index contributed by atoms with van der Waals surface area (Å²) in [6.45, 7) is 7.21. The number of nitrogens with one attached hydrogen (secondary N) is 1. The number of nitrogens with zero attached hydrogens (tertiary/aromatic N) is 1. The second-order valence-electron chi connectivity index (χ2n) is 3.75. The molecule has 20 heavy (non-hydrogen) atoms. The van der Waals surface area contributed by atoms with Gasteiger partial charge in [0.1, 0.15) is 11.5 Å². The van der Waals surface area contributed by atoms with Crippen molar-refractivity contribution in [3.8, 4) is 0 Å². The summed E-state index contributed by atoms with van der Waals surface area (Å²) in [4.78, 5) is 26.9. The summed E-state index contributed by atoms with van der Waals surface area (Å²) in [6, 6.07) is 1.48. The van der Waals surface area contributed by atoms with Crippen LogP contribution in [0.2, 0.25) is 5.02 Å². The highest BCUT2D eigenvalue weighted by Crippen LogP contribution is 2.28. The zero-order valence-electron chi connectivity index (χ0n) is 11.4. The molecule has 1 rings (SSSR count). The molecular formula is C13H15ClN2O4. The number of carbonyl (C=O) groups is 2. The standard InChI is InChI=1S/C13H15ClN2O4/c1-5-20-7(2)9-6-10(15-8(3)17)11(14)12(16-9)13(18)19-4/h6H,2,5H2,1,3-4H3,(H,15,16,17). The predicted molar refractivity (Wildman–Crippen MR) is 75.6 cm³/mol. The number of rotatable bonds is 5. The summed E-state index contributed by atoms with van der Waals surface area (Å²) in [5, 5.41) is 2.51. The number of amides is 1. The Morgan fingerprint density at radius 2 is 2.15 bits per heavy atom. The first-order valence-corrected chi connectivity index (χ1v) is 6.17. The fraction of sp³-hybridized carbons (Fsp3) is 0.308. The van der Waals surface area contributed by atoms with Gasteiger partial charge in [-0.3, -0.25) is 4.79 Å². The number of hydrogen-bond acceptors (Lipinski definition) is 5. The first-order valence-electron chi connectivity index (χ1n) is 5.79. The maximum absolute atomic E-state index is 11.7. The van der Waals surface area contributed by atoms with E-state index in [2.05, 4.69) is 21.6 Å². The van der Waals surface area contributed by atoms with E-state index in [-0.39, 0.29) is 28.1 Å². The van der Waals surface area contributed by atoms with E-state index in [4.69, 9.17) is 16.3 Å². The van der Waals surface area contributed by atoms with E-state index in [1.54, 1.807) is 6.92 Å². The van der Waals surface area contributed by atoms with E-state index in [9.17, 15) is 9.59 Å². The molecule has 1 aromatic rings. The molecule has 1 N–H and O–H groups in total. The highest BCUT2D eigenvalue weighted by molar-refractivity contribution is 6.36. The third-order valence-electron chi connectivity index (χ3n) is 2.25. The highest BCUT2D eigenvalue weighted by Gasteiger charge is 2.20. The number of ether oxygens (including phenoxy) is 2. The number of aromatic nitrogens is 1. The van der Waals surface area contributed by atoms with Crippen LogP contribution in [0.15, 0.2) is 12.6 Å². The molecule has 0 aliphatic carbocycles. The van der Waals surface area contributed by atoms with Crippen molar-refractivity contribution >= 4 is 34.9 Å². The molecule has 108 valence electrons. The average molecular weight is 299 g/mol. The van der Waals surface area contributed by atoms with Gasteiger partial charge in [0.15, 0.2) is 5.69 Å². The largest absolute Gasteiger partial charge is 0.492 e. The Morgan fingerprint density at radius 3 is 2.65 bits per heavy atom. The molecule has 0 aromatic carbocycles. The quantitative estimate of drug-likeness (QED) is 0.667. The fourth-order valence-electron chi connectivity index (χ4n) is 1.43. The minimum absolute atomic E-state index is 0.0000912. The summed E-state index contributed by atoms with van der Waals surface area (Å²) < 4.78 is 9.83. The summed E-state index contributed by atoms with van der Waals surface area (Å²) in [5.74, 6) is -0.782. The molecule has 0 aliphatic rings. The normalized spacial score (nSPS) is 9.80. The van der Waals surface area contributed by atoms with Crippen molar-refractivity contribution in [2.75, 3.05) is 19.0 Å².